The Morgan fingerprint density at radius 1 is 1.23 bits per heavy atom. The number of ether oxygens (including phenoxy) is 1. The molecule has 0 radical (unpaired) electrons. The smallest absolute Gasteiger partial charge is 0.236 e. The van der Waals surface area contributed by atoms with Crippen LogP contribution in [0.3, 0.4) is 0 Å². The molecule has 134 valence electrons. The molecule has 2 heterocycles. The molecule has 1 aromatic heterocycles. The Morgan fingerprint density at radius 3 is 2.69 bits per heavy atom. The van der Waals surface area contributed by atoms with Crippen molar-refractivity contribution >= 4 is 48.5 Å². The number of carbonyl (C=O) groups excluding carboxylic acids is 1. The van der Waals surface area contributed by atoms with Crippen molar-refractivity contribution in [2.24, 2.45) is 0 Å². The van der Waals surface area contributed by atoms with E-state index < -0.39 is 5.41 Å². The molecule has 1 aliphatic rings. The normalized spacial score (nSPS) is 16.5. The second-order valence-electron chi connectivity index (χ2n) is 6.60. The Kier molecular flexibility index (Phi) is 4.82. The lowest BCUT2D eigenvalue weighted by Gasteiger charge is -2.35. The SMILES string of the molecule is Cc1cc(Br)cc2sc(NC(=O)C3(c4ccccc4)CCOCC3)nc12. The van der Waals surface area contributed by atoms with Crippen LogP contribution in [-0.2, 0) is 14.9 Å². The van der Waals surface area contributed by atoms with Crippen LogP contribution in [0.5, 0.6) is 0 Å². The zero-order chi connectivity index (χ0) is 18.1. The summed E-state index contributed by atoms with van der Waals surface area (Å²) >= 11 is 5.03. The molecule has 1 amide bonds. The zero-order valence-corrected chi connectivity index (χ0v) is 16.8. The van der Waals surface area contributed by atoms with Crippen LogP contribution in [0.4, 0.5) is 5.13 Å². The number of aromatic nitrogens is 1. The van der Waals surface area contributed by atoms with Crippen molar-refractivity contribution in [1.82, 2.24) is 4.98 Å². The van der Waals surface area contributed by atoms with Gasteiger partial charge in [-0.2, -0.15) is 0 Å². The van der Waals surface area contributed by atoms with Crippen LogP contribution in [0, 0.1) is 6.92 Å². The number of nitrogens with zero attached hydrogens (tertiary/aromatic N) is 1. The molecule has 1 fully saturated rings. The van der Waals surface area contributed by atoms with Crippen LogP contribution in [0.1, 0.15) is 24.0 Å². The summed E-state index contributed by atoms with van der Waals surface area (Å²) < 4.78 is 7.61. The molecule has 26 heavy (non-hydrogen) atoms. The molecular formula is C20H19BrN2O2S. The lowest BCUT2D eigenvalue weighted by Crippen LogP contribution is -2.44. The van der Waals surface area contributed by atoms with Crippen molar-refractivity contribution < 1.29 is 9.53 Å². The maximum Gasteiger partial charge on any atom is 0.236 e. The van der Waals surface area contributed by atoms with Gasteiger partial charge in [0, 0.05) is 17.7 Å². The Morgan fingerprint density at radius 2 is 1.96 bits per heavy atom. The first-order valence-electron chi connectivity index (χ1n) is 8.60. The monoisotopic (exact) mass is 430 g/mol. The Hall–Kier alpha value is -1.76. The average molecular weight is 431 g/mol. The number of anilines is 1. The number of thiazole rings is 1. The molecule has 0 spiro atoms. The first-order chi connectivity index (χ1) is 12.6. The molecule has 0 unspecified atom stereocenters. The van der Waals surface area contributed by atoms with E-state index in [0.717, 1.165) is 25.8 Å². The first-order valence-corrected chi connectivity index (χ1v) is 10.2. The topological polar surface area (TPSA) is 51.2 Å². The van der Waals surface area contributed by atoms with Crippen molar-refractivity contribution in [2.45, 2.75) is 25.2 Å². The molecule has 4 rings (SSSR count). The van der Waals surface area contributed by atoms with Gasteiger partial charge in [0.05, 0.1) is 15.6 Å². The molecule has 1 N–H and O–H groups in total. The number of amides is 1. The van der Waals surface area contributed by atoms with Gasteiger partial charge in [0.25, 0.3) is 0 Å². The highest BCUT2D eigenvalue weighted by molar-refractivity contribution is 9.10. The molecule has 0 aliphatic carbocycles. The van der Waals surface area contributed by atoms with Crippen molar-refractivity contribution in [3.05, 3.63) is 58.1 Å². The summed E-state index contributed by atoms with van der Waals surface area (Å²) in [6.07, 6.45) is 1.36. The average Bonchev–Trinajstić information content (AvgIpc) is 3.05. The molecular weight excluding hydrogens is 412 g/mol. The van der Waals surface area contributed by atoms with E-state index >= 15 is 0 Å². The number of hydrogen-bond donors (Lipinski definition) is 1. The number of aryl methyl sites for hydroxylation is 1. The highest BCUT2D eigenvalue weighted by atomic mass is 79.9. The second-order valence-corrected chi connectivity index (χ2v) is 8.55. The standard InChI is InChI=1S/C20H19BrN2O2S/c1-13-11-15(21)12-16-17(13)22-19(26-16)23-18(24)20(7-9-25-10-8-20)14-5-3-2-4-6-14/h2-6,11-12H,7-10H2,1H3,(H,22,23,24). The van der Waals surface area contributed by atoms with Crippen molar-refractivity contribution in [3.8, 4) is 0 Å². The summed E-state index contributed by atoms with van der Waals surface area (Å²) in [5, 5.41) is 3.73. The van der Waals surface area contributed by atoms with E-state index in [1.54, 1.807) is 0 Å². The molecule has 6 heteroatoms. The number of halogens is 1. The zero-order valence-electron chi connectivity index (χ0n) is 14.4. The molecule has 4 nitrogen and oxygen atoms in total. The minimum absolute atomic E-state index is 0.00257. The van der Waals surface area contributed by atoms with Gasteiger partial charge in [-0.1, -0.05) is 57.6 Å². The number of hydrogen-bond acceptors (Lipinski definition) is 4. The van der Waals surface area contributed by atoms with E-state index in [4.69, 9.17) is 4.74 Å². The van der Waals surface area contributed by atoms with Gasteiger partial charge in [0.2, 0.25) is 5.91 Å². The summed E-state index contributed by atoms with van der Waals surface area (Å²) in [5.41, 5.74) is 2.51. The van der Waals surface area contributed by atoms with E-state index in [9.17, 15) is 4.79 Å². The van der Waals surface area contributed by atoms with Crippen LogP contribution >= 0.6 is 27.3 Å². The molecule has 0 saturated carbocycles. The van der Waals surface area contributed by atoms with Gasteiger partial charge in [-0.05, 0) is 43.0 Å². The summed E-state index contributed by atoms with van der Waals surface area (Å²) in [6, 6.07) is 14.1. The third-order valence-electron chi connectivity index (χ3n) is 4.98. The number of nitrogens with one attached hydrogen (secondary N) is 1. The minimum Gasteiger partial charge on any atom is -0.381 e. The molecule has 3 aromatic rings. The van der Waals surface area contributed by atoms with E-state index in [2.05, 4.69) is 26.2 Å². The van der Waals surface area contributed by atoms with Gasteiger partial charge >= 0.3 is 0 Å². The van der Waals surface area contributed by atoms with Crippen molar-refractivity contribution in [1.29, 1.82) is 0 Å². The Labute approximate surface area is 164 Å². The lowest BCUT2D eigenvalue weighted by molar-refractivity contribution is -0.125. The van der Waals surface area contributed by atoms with Gasteiger partial charge in [0.15, 0.2) is 5.13 Å². The largest absolute Gasteiger partial charge is 0.381 e. The summed E-state index contributed by atoms with van der Waals surface area (Å²) in [4.78, 5) is 18.0. The summed E-state index contributed by atoms with van der Waals surface area (Å²) in [7, 11) is 0. The predicted molar refractivity (Wildman–Crippen MR) is 109 cm³/mol. The van der Waals surface area contributed by atoms with Crippen LogP contribution < -0.4 is 5.32 Å². The molecule has 1 saturated heterocycles. The third-order valence-corrected chi connectivity index (χ3v) is 6.35. The van der Waals surface area contributed by atoms with Crippen molar-refractivity contribution in [3.63, 3.8) is 0 Å². The third kappa shape index (κ3) is 3.17. The number of rotatable bonds is 3. The van der Waals surface area contributed by atoms with Gasteiger partial charge in [-0.3, -0.25) is 4.79 Å². The molecule has 1 aliphatic heterocycles. The second kappa shape index (κ2) is 7.10. The van der Waals surface area contributed by atoms with Crippen LogP contribution in [-0.4, -0.2) is 24.1 Å². The molecule has 0 atom stereocenters. The van der Waals surface area contributed by atoms with Crippen molar-refractivity contribution in [2.75, 3.05) is 18.5 Å². The summed E-state index contributed by atoms with van der Waals surface area (Å²) in [6.45, 7) is 3.21. The number of carbonyl (C=O) groups is 1. The fraction of sp³-hybridized carbons (Fsp3) is 0.300. The first kappa shape index (κ1) is 17.6. The predicted octanol–water partition coefficient (Wildman–Crippen LogP) is 5.05. The number of fused-ring (bicyclic) bond motifs is 1. The fourth-order valence-electron chi connectivity index (χ4n) is 3.55. The number of benzene rings is 2. The summed E-state index contributed by atoms with van der Waals surface area (Å²) in [5.74, 6) is 0.00257. The maximum absolute atomic E-state index is 13.3. The lowest BCUT2D eigenvalue weighted by atomic mass is 9.73. The van der Waals surface area contributed by atoms with Crippen LogP contribution in [0.2, 0.25) is 0 Å². The minimum atomic E-state index is -0.563. The fourth-order valence-corrected chi connectivity index (χ4v) is 5.25. The highest BCUT2D eigenvalue weighted by Crippen LogP contribution is 2.37. The molecule has 0 bridgehead atoms. The van der Waals surface area contributed by atoms with E-state index in [-0.39, 0.29) is 5.91 Å². The van der Waals surface area contributed by atoms with E-state index in [1.165, 1.54) is 11.3 Å². The van der Waals surface area contributed by atoms with Gasteiger partial charge in [0.1, 0.15) is 0 Å². The van der Waals surface area contributed by atoms with Gasteiger partial charge < -0.3 is 10.1 Å². The Bertz CT molecular complexity index is 949. The van der Waals surface area contributed by atoms with E-state index in [0.29, 0.717) is 31.2 Å². The maximum atomic E-state index is 13.3. The molecule has 2 aromatic carbocycles. The van der Waals surface area contributed by atoms with Crippen LogP contribution in [0.15, 0.2) is 46.9 Å². The Balaban J connectivity index is 1.68. The quantitative estimate of drug-likeness (QED) is 0.631. The van der Waals surface area contributed by atoms with Crippen LogP contribution in [0.25, 0.3) is 10.2 Å². The van der Waals surface area contributed by atoms with E-state index in [1.807, 2.05) is 49.4 Å². The van der Waals surface area contributed by atoms with Gasteiger partial charge in [-0.15, -0.1) is 0 Å². The highest BCUT2D eigenvalue weighted by Gasteiger charge is 2.42. The van der Waals surface area contributed by atoms with Gasteiger partial charge in [-0.25, -0.2) is 4.98 Å².